The van der Waals surface area contributed by atoms with E-state index in [-0.39, 0.29) is 0 Å². The molecule has 1 N–H and O–H groups in total. The van der Waals surface area contributed by atoms with E-state index in [1.807, 2.05) is 11.3 Å². The van der Waals surface area contributed by atoms with Crippen LogP contribution in [0.4, 0.5) is 0 Å². The third kappa shape index (κ3) is 4.06. The standard InChI is InChI=1S/C18H28N2S/c1-5-12-20(6-2)13-11-19-15(4)18-14(3)16-9-7-8-10-17(16)21-18/h7-10,15,19H,5-6,11-13H2,1-4H3. The Morgan fingerprint density at radius 2 is 1.95 bits per heavy atom. The largest absolute Gasteiger partial charge is 0.308 e. The summed E-state index contributed by atoms with van der Waals surface area (Å²) in [4.78, 5) is 3.99. The normalized spacial score (nSPS) is 13.2. The molecule has 0 saturated carbocycles. The monoisotopic (exact) mass is 304 g/mol. The molecule has 0 aliphatic rings. The first kappa shape index (κ1) is 16.5. The second kappa shape index (κ2) is 7.92. The van der Waals surface area contributed by atoms with Gasteiger partial charge < -0.3 is 10.2 Å². The highest BCUT2D eigenvalue weighted by Crippen LogP contribution is 2.34. The predicted octanol–water partition coefficient (Wildman–Crippen LogP) is 4.59. The lowest BCUT2D eigenvalue weighted by Gasteiger charge is -2.21. The SMILES string of the molecule is CCCN(CC)CCNC(C)c1sc2ccccc2c1C. The molecule has 1 unspecified atom stereocenters. The van der Waals surface area contributed by atoms with Gasteiger partial charge in [-0.1, -0.05) is 32.0 Å². The van der Waals surface area contributed by atoms with E-state index >= 15 is 0 Å². The molecule has 0 amide bonds. The number of likely N-dealkylation sites (N-methyl/N-ethyl adjacent to an activating group) is 1. The third-order valence-corrected chi connectivity index (χ3v) is 5.60. The van der Waals surface area contributed by atoms with Crippen molar-refractivity contribution in [3.05, 3.63) is 34.7 Å². The third-order valence-electron chi connectivity index (χ3n) is 4.14. The Hall–Kier alpha value is -0.900. The van der Waals surface area contributed by atoms with E-state index in [1.165, 1.54) is 33.5 Å². The second-order valence-electron chi connectivity index (χ2n) is 5.70. The molecule has 116 valence electrons. The zero-order valence-corrected chi connectivity index (χ0v) is 14.6. The number of benzene rings is 1. The average molecular weight is 305 g/mol. The van der Waals surface area contributed by atoms with Crippen LogP contribution in [0.5, 0.6) is 0 Å². The van der Waals surface area contributed by atoms with Crippen LogP contribution < -0.4 is 5.32 Å². The van der Waals surface area contributed by atoms with Gasteiger partial charge in [-0.2, -0.15) is 0 Å². The van der Waals surface area contributed by atoms with Gasteiger partial charge in [0.2, 0.25) is 0 Å². The summed E-state index contributed by atoms with van der Waals surface area (Å²) >= 11 is 1.93. The summed E-state index contributed by atoms with van der Waals surface area (Å²) < 4.78 is 1.40. The summed E-state index contributed by atoms with van der Waals surface area (Å²) in [5.74, 6) is 0. The van der Waals surface area contributed by atoms with Crippen LogP contribution in [0.25, 0.3) is 10.1 Å². The van der Waals surface area contributed by atoms with E-state index in [0.29, 0.717) is 6.04 Å². The Balaban J connectivity index is 1.96. The lowest BCUT2D eigenvalue weighted by atomic mass is 10.1. The first-order valence-corrected chi connectivity index (χ1v) is 8.92. The number of aryl methyl sites for hydroxylation is 1. The maximum atomic E-state index is 3.69. The number of fused-ring (bicyclic) bond motifs is 1. The van der Waals surface area contributed by atoms with Crippen LogP contribution in [0.1, 0.15) is 43.7 Å². The molecular formula is C18H28N2S. The fourth-order valence-electron chi connectivity index (χ4n) is 2.88. The molecule has 3 heteroatoms. The summed E-state index contributed by atoms with van der Waals surface area (Å²) in [7, 11) is 0. The lowest BCUT2D eigenvalue weighted by molar-refractivity contribution is 0.284. The summed E-state index contributed by atoms with van der Waals surface area (Å²) in [6.45, 7) is 13.6. The Morgan fingerprint density at radius 1 is 1.19 bits per heavy atom. The average Bonchev–Trinajstić information content (AvgIpc) is 2.84. The van der Waals surface area contributed by atoms with E-state index in [4.69, 9.17) is 0 Å². The maximum Gasteiger partial charge on any atom is 0.0389 e. The summed E-state index contributed by atoms with van der Waals surface area (Å²) in [6, 6.07) is 9.15. The van der Waals surface area contributed by atoms with Gasteiger partial charge in [0.15, 0.2) is 0 Å². The molecule has 1 heterocycles. The molecule has 0 bridgehead atoms. The minimum absolute atomic E-state index is 0.433. The van der Waals surface area contributed by atoms with Crippen LogP contribution in [-0.4, -0.2) is 31.1 Å². The number of rotatable bonds is 8. The zero-order valence-electron chi connectivity index (χ0n) is 13.8. The summed E-state index contributed by atoms with van der Waals surface area (Å²) in [6.07, 6.45) is 1.23. The lowest BCUT2D eigenvalue weighted by Crippen LogP contribution is -2.33. The topological polar surface area (TPSA) is 15.3 Å². The number of thiophene rings is 1. The van der Waals surface area contributed by atoms with Crippen molar-refractivity contribution in [3.8, 4) is 0 Å². The van der Waals surface area contributed by atoms with Crippen molar-refractivity contribution in [2.45, 2.75) is 40.2 Å². The fourth-order valence-corrected chi connectivity index (χ4v) is 4.12. The molecule has 1 atom stereocenters. The first-order valence-electron chi connectivity index (χ1n) is 8.11. The number of nitrogens with zero attached hydrogens (tertiary/aromatic N) is 1. The molecule has 0 aliphatic carbocycles. The van der Waals surface area contributed by atoms with Crippen molar-refractivity contribution in [2.24, 2.45) is 0 Å². The minimum atomic E-state index is 0.433. The molecule has 0 radical (unpaired) electrons. The molecule has 0 spiro atoms. The van der Waals surface area contributed by atoms with Crippen LogP contribution in [0.2, 0.25) is 0 Å². The van der Waals surface area contributed by atoms with Crippen molar-refractivity contribution >= 4 is 21.4 Å². The van der Waals surface area contributed by atoms with Gasteiger partial charge in [-0.05, 0) is 50.4 Å². The van der Waals surface area contributed by atoms with Crippen molar-refractivity contribution in [1.82, 2.24) is 10.2 Å². The fraction of sp³-hybridized carbons (Fsp3) is 0.556. The molecule has 0 fully saturated rings. The second-order valence-corrected chi connectivity index (χ2v) is 6.78. The molecule has 2 rings (SSSR count). The van der Waals surface area contributed by atoms with Crippen LogP contribution in [-0.2, 0) is 0 Å². The first-order chi connectivity index (χ1) is 10.2. The predicted molar refractivity (Wildman–Crippen MR) is 95.4 cm³/mol. The van der Waals surface area contributed by atoms with Gasteiger partial charge in [0.1, 0.15) is 0 Å². The van der Waals surface area contributed by atoms with Crippen LogP contribution in [0, 0.1) is 6.92 Å². The van der Waals surface area contributed by atoms with Crippen molar-refractivity contribution in [2.75, 3.05) is 26.2 Å². The molecule has 2 nitrogen and oxygen atoms in total. The number of hydrogen-bond acceptors (Lipinski definition) is 3. The van der Waals surface area contributed by atoms with Crippen LogP contribution in [0.15, 0.2) is 24.3 Å². The molecule has 1 aromatic carbocycles. The smallest absolute Gasteiger partial charge is 0.0389 e. The van der Waals surface area contributed by atoms with E-state index in [1.54, 1.807) is 0 Å². The highest BCUT2D eigenvalue weighted by molar-refractivity contribution is 7.19. The Morgan fingerprint density at radius 3 is 2.62 bits per heavy atom. The highest BCUT2D eigenvalue weighted by Gasteiger charge is 2.14. The van der Waals surface area contributed by atoms with Crippen molar-refractivity contribution < 1.29 is 0 Å². The Kier molecular flexibility index (Phi) is 6.22. The quantitative estimate of drug-likeness (QED) is 0.767. The molecule has 1 aromatic heterocycles. The summed E-state index contributed by atoms with van der Waals surface area (Å²) in [5, 5.41) is 5.10. The van der Waals surface area contributed by atoms with E-state index in [9.17, 15) is 0 Å². The maximum absolute atomic E-state index is 3.69. The van der Waals surface area contributed by atoms with E-state index in [2.05, 4.69) is 62.2 Å². The zero-order chi connectivity index (χ0) is 15.2. The molecule has 2 aromatic rings. The van der Waals surface area contributed by atoms with E-state index in [0.717, 1.165) is 19.6 Å². The minimum Gasteiger partial charge on any atom is -0.308 e. The Labute approximate surface area is 133 Å². The summed E-state index contributed by atoms with van der Waals surface area (Å²) in [5.41, 5.74) is 1.44. The van der Waals surface area contributed by atoms with Gasteiger partial charge in [-0.3, -0.25) is 0 Å². The number of nitrogens with one attached hydrogen (secondary N) is 1. The van der Waals surface area contributed by atoms with Crippen molar-refractivity contribution in [1.29, 1.82) is 0 Å². The Bertz CT molecular complexity index is 561. The molecule has 0 saturated heterocycles. The number of hydrogen-bond donors (Lipinski definition) is 1. The van der Waals surface area contributed by atoms with E-state index < -0.39 is 0 Å². The molecular weight excluding hydrogens is 276 g/mol. The van der Waals surface area contributed by atoms with Gasteiger partial charge in [0.25, 0.3) is 0 Å². The van der Waals surface area contributed by atoms with Gasteiger partial charge in [-0.15, -0.1) is 11.3 Å². The van der Waals surface area contributed by atoms with Crippen molar-refractivity contribution in [3.63, 3.8) is 0 Å². The molecule has 21 heavy (non-hydrogen) atoms. The van der Waals surface area contributed by atoms with Gasteiger partial charge in [0, 0.05) is 28.7 Å². The van der Waals surface area contributed by atoms with Crippen LogP contribution >= 0.6 is 11.3 Å². The van der Waals surface area contributed by atoms with Gasteiger partial charge in [-0.25, -0.2) is 0 Å². The van der Waals surface area contributed by atoms with Gasteiger partial charge >= 0.3 is 0 Å². The van der Waals surface area contributed by atoms with Crippen LogP contribution in [0.3, 0.4) is 0 Å². The molecule has 0 aliphatic heterocycles. The van der Waals surface area contributed by atoms with Gasteiger partial charge in [0.05, 0.1) is 0 Å². The highest BCUT2D eigenvalue weighted by atomic mass is 32.1.